The summed E-state index contributed by atoms with van der Waals surface area (Å²) in [4.78, 5) is 1.96. The van der Waals surface area contributed by atoms with Gasteiger partial charge < -0.3 is 10.2 Å². The van der Waals surface area contributed by atoms with Gasteiger partial charge in [-0.3, -0.25) is 0 Å². The summed E-state index contributed by atoms with van der Waals surface area (Å²) in [5.41, 5.74) is 0.215. The number of hydrogen-bond acceptors (Lipinski definition) is 2. The molecule has 1 rings (SSSR count). The van der Waals surface area contributed by atoms with Gasteiger partial charge >= 0.3 is 0 Å². The van der Waals surface area contributed by atoms with Crippen molar-refractivity contribution in [3.63, 3.8) is 0 Å². The Morgan fingerprint density at radius 2 is 2.00 bits per heavy atom. The van der Waals surface area contributed by atoms with Crippen molar-refractivity contribution < 1.29 is 8.78 Å². The number of nitrogens with one attached hydrogen (secondary N) is 1. The quantitative estimate of drug-likeness (QED) is 0.799. The molecule has 78 valence electrons. The molecule has 14 heavy (non-hydrogen) atoms. The van der Waals surface area contributed by atoms with Crippen LogP contribution in [0, 0.1) is 11.6 Å². The van der Waals surface area contributed by atoms with Crippen molar-refractivity contribution in [1.82, 2.24) is 4.90 Å². The van der Waals surface area contributed by atoms with Gasteiger partial charge in [-0.1, -0.05) is 6.07 Å². The molecular formula is C10H14F2N2. The fourth-order valence-corrected chi connectivity index (χ4v) is 1.05. The molecule has 0 heterocycles. The molecule has 0 saturated heterocycles. The van der Waals surface area contributed by atoms with E-state index in [1.807, 2.05) is 19.0 Å². The summed E-state index contributed by atoms with van der Waals surface area (Å²) in [6, 6.07) is 4.11. The van der Waals surface area contributed by atoms with Crippen molar-refractivity contribution in [3.05, 3.63) is 29.8 Å². The molecule has 0 aliphatic heterocycles. The zero-order valence-electron chi connectivity index (χ0n) is 8.35. The first kappa shape index (κ1) is 10.9. The summed E-state index contributed by atoms with van der Waals surface area (Å²) < 4.78 is 25.8. The highest BCUT2D eigenvalue weighted by Gasteiger charge is 2.05. The molecule has 0 aromatic heterocycles. The van der Waals surface area contributed by atoms with Gasteiger partial charge in [-0.2, -0.15) is 0 Å². The van der Waals surface area contributed by atoms with Crippen LogP contribution in [-0.4, -0.2) is 32.1 Å². The number of hydrogen-bond donors (Lipinski definition) is 1. The molecule has 0 saturated carbocycles. The smallest absolute Gasteiger partial charge is 0.181 e. The number of anilines is 1. The molecule has 0 fully saturated rings. The van der Waals surface area contributed by atoms with Gasteiger partial charge in [0.25, 0.3) is 0 Å². The van der Waals surface area contributed by atoms with Crippen LogP contribution >= 0.6 is 0 Å². The Balaban J connectivity index is 2.54. The second-order valence-corrected chi connectivity index (χ2v) is 3.33. The molecule has 0 radical (unpaired) electrons. The maximum atomic E-state index is 13.1. The van der Waals surface area contributed by atoms with Crippen molar-refractivity contribution in [1.29, 1.82) is 0 Å². The van der Waals surface area contributed by atoms with Crippen LogP contribution in [0.3, 0.4) is 0 Å². The molecule has 1 aromatic carbocycles. The molecule has 1 N–H and O–H groups in total. The zero-order valence-corrected chi connectivity index (χ0v) is 8.35. The van der Waals surface area contributed by atoms with Crippen molar-refractivity contribution in [2.24, 2.45) is 0 Å². The van der Waals surface area contributed by atoms with E-state index in [2.05, 4.69) is 5.32 Å². The predicted octanol–water partition coefficient (Wildman–Crippen LogP) is 1.94. The minimum absolute atomic E-state index is 0.215. The second-order valence-electron chi connectivity index (χ2n) is 3.33. The van der Waals surface area contributed by atoms with E-state index in [4.69, 9.17) is 0 Å². The van der Waals surface area contributed by atoms with Crippen molar-refractivity contribution in [2.75, 3.05) is 32.5 Å². The third kappa shape index (κ3) is 2.96. The lowest BCUT2D eigenvalue weighted by Crippen LogP contribution is -2.21. The van der Waals surface area contributed by atoms with Gasteiger partial charge in [-0.05, 0) is 26.2 Å². The highest BCUT2D eigenvalue weighted by Crippen LogP contribution is 2.15. The van der Waals surface area contributed by atoms with Crippen LogP contribution in [0.5, 0.6) is 0 Å². The summed E-state index contributed by atoms with van der Waals surface area (Å²) in [5, 5.41) is 2.83. The molecule has 0 spiro atoms. The fraction of sp³-hybridized carbons (Fsp3) is 0.400. The second kappa shape index (κ2) is 4.91. The topological polar surface area (TPSA) is 15.3 Å². The number of likely N-dealkylation sites (N-methyl/N-ethyl adjacent to an activating group) is 1. The maximum Gasteiger partial charge on any atom is 0.181 e. The maximum absolute atomic E-state index is 13.1. The molecule has 0 amide bonds. The summed E-state index contributed by atoms with van der Waals surface area (Å²) in [7, 11) is 3.84. The van der Waals surface area contributed by atoms with E-state index in [0.29, 0.717) is 6.54 Å². The first-order valence-corrected chi connectivity index (χ1v) is 4.44. The molecule has 1 aromatic rings. The molecule has 0 unspecified atom stereocenters. The number of rotatable bonds is 4. The average molecular weight is 200 g/mol. The Morgan fingerprint density at radius 1 is 1.29 bits per heavy atom. The average Bonchev–Trinajstić information content (AvgIpc) is 2.12. The van der Waals surface area contributed by atoms with E-state index in [1.165, 1.54) is 12.1 Å². The van der Waals surface area contributed by atoms with E-state index in [0.717, 1.165) is 12.6 Å². The standard InChI is InChI=1S/C10H14F2N2/c1-14(2)7-6-13-9-5-3-4-8(11)10(9)12/h3-5,13H,6-7H2,1-2H3. The minimum atomic E-state index is -0.820. The lowest BCUT2D eigenvalue weighted by atomic mass is 10.3. The largest absolute Gasteiger partial charge is 0.381 e. The first-order chi connectivity index (χ1) is 6.61. The van der Waals surface area contributed by atoms with Crippen molar-refractivity contribution in [3.8, 4) is 0 Å². The van der Waals surface area contributed by atoms with Crippen molar-refractivity contribution in [2.45, 2.75) is 0 Å². The molecule has 0 aliphatic carbocycles. The Labute approximate surface area is 82.5 Å². The lowest BCUT2D eigenvalue weighted by molar-refractivity contribution is 0.424. The normalized spacial score (nSPS) is 10.6. The SMILES string of the molecule is CN(C)CCNc1cccc(F)c1F. The van der Waals surface area contributed by atoms with E-state index < -0.39 is 11.6 Å². The lowest BCUT2D eigenvalue weighted by Gasteiger charge is -2.11. The van der Waals surface area contributed by atoms with Gasteiger partial charge in [-0.15, -0.1) is 0 Å². The Hall–Kier alpha value is -1.16. The molecule has 0 bridgehead atoms. The number of halogens is 2. The fourth-order valence-electron chi connectivity index (χ4n) is 1.05. The zero-order chi connectivity index (χ0) is 10.6. The molecular weight excluding hydrogens is 186 g/mol. The molecule has 4 heteroatoms. The Kier molecular flexibility index (Phi) is 3.83. The van der Waals surface area contributed by atoms with Gasteiger partial charge in [0.2, 0.25) is 0 Å². The number of benzene rings is 1. The van der Waals surface area contributed by atoms with Gasteiger partial charge in [-0.25, -0.2) is 8.78 Å². The highest BCUT2D eigenvalue weighted by atomic mass is 19.2. The number of nitrogens with zero attached hydrogens (tertiary/aromatic N) is 1. The van der Waals surface area contributed by atoms with E-state index in [-0.39, 0.29) is 5.69 Å². The van der Waals surface area contributed by atoms with Crippen LogP contribution in [0.1, 0.15) is 0 Å². The van der Waals surface area contributed by atoms with Crippen LogP contribution in [0.25, 0.3) is 0 Å². The third-order valence-corrected chi connectivity index (χ3v) is 1.83. The predicted molar refractivity (Wildman–Crippen MR) is 53.4 cm³/mol. The van der Waals surface area contributed by atoms with Crippen LogP contribution in [0.15, 0.2) is 18.2 Å². The van der Waals surface area contributed by atoms with Crippen LogP contribution in [0.2, 0.25) is 0 Å². The van der Waals surface area contributed by atoms with E-state index in [1.54, 1.807) is 0 Å². The molecule has 0 aliphatic rings. The van der Waals surface area contributed by atoms with Crippen molar-refractivity contribution >= 4 is 5.69 Å². The summed E-state index contributed by atoms with van der Waals surface area (Å²) >= 11 is 0. The van der Waals surface area contributed by atoms with Gasteiger partial charge in [0.1, 0.15) is 0 Å². The monoisotopic (exact) mass is 200 g/mol. The first-order valence-electron chi connectivity index (χ1n) is 4.44. The van der Waals surface area contributed by atoms with Crippen LogP contribution in [-0.2, 0) is 0 Å². The van der Waals surface area contributed by atoms with Crippen LogP contribution < -0.4 is 5.32 Å². The molecule has 2 nitrogen and oxygen atoms in total. The van der Waals surface area contributed by atoms with Gasteiger partial charge in [0.05, 0.1) is 5.69 Å². The van der Waals surface area contributed by atoms with E-state index in [9.17, 15) is 8.78 Å². The third-order valence-electron chi connectivity index (χ3n) is 1.83. The summed E-state index contributed by atoms with van der Waals surface area (Å²) in [6.45, 7) is 1.36. The summed E-state index contributed by atoms with van der Waals surface area (Å²) in [6.07, 6.45) is 0. The molecule has 0 atom stereocenters. The van der Waals surface area contributed by atoms with Gasteiger partial charge in [0.15, 0.2) is 11.6 Å². The van der Waals surface area contributed by atoms with Gasteiger partial charge in [0, 0.05) is 13.1 Å². The Bertz CT molecular complexity index is 300. The Morgan fingerprint density at radius 3 is 2.64 bits per heavy atom. The van der Waals surface area contributed by atoms with Crippen LogP contribution in [0.4, 0.5) is 14.5 Å². The van der Waals surface area contributed by atoms with E-state index >= 15 is 0 Å². The minimum Gasteiger partial charge on any atom is -0.381 e. The highest BCUT2D eigenvalue weighted by molar-refractivity contribution is 5.44. The summed E-state index contributed by atoms with van der Waals surface area (Å²) in [5.74, 6) is -1.63.